The van der Waals surface area contributed by atoms with Crippen molar-refractivity contribution in [3.8, 4) is 0 Å². The summed E-state index contributed by atoms with van der Waals surface area (Å²) >= 11 is 0. The van der Waals surface area contributed by atoms with E-state index in [4.69, 9.17) is 0 Å². The van der Waals surface area contributed by atoms with Gasteiger partial charge in [0.05, 0.1) is 0 Å². The maximum Gasteiger partial charge on any atom is 0.102 e. The Kier molecular flexibility index (Phi) is 2.66. The van der Waals surface area contributed by atoms with Gasteiger partial charge in [-0.05, 0) is 25.8 Å². The summed E-state index contributed by atoms with van der Waals surface area (Å²) in [7, 11) is 0. The molecule has 0 saturated carbocycles. The Bertz CT molecular complexity index is 103. The first kappa shape index (κ1) is 7.99. The molecule has 10 heavy (non-hydrogen) atoms. The molecule has 1 heterocycles. The first-order valence-electron chi connectivity index (χ1n) is 4.05. The maximum atomic E-state index is 11.9. The molecule has 0 bridgehead atoms. The van der Waals surface area contributed by atoms with Crippen LogP contribution in [0.15, 0.2) is 0 Å². The molecule has 0 aromatic carbocycles. The first-order chi connectivity index (χ1) is 4.75. The Hall–Kier alpha value is -0.110. The van der Waals surface area contributed by atoms with Crippen molar-refractivity contribution in [2.75, 3.05) is 19.8 Å². The van der Waals surface area contributed by atoms with Crippen LogP contribution in [-0.4, -0.2) is 30.7 Å². The Labute approximate surface area is 62.2 Å². The van der Waals surface area contributed by atoms with Gasteiger partial charge in [-0.2, -0.15) is 0 Å². The molecule has 1 fully saturated rings. The van der Waals surface area contributed by atoms with Crippen LogP contribution in [-0.2, 0) is 0 Å². The Morgan fingerprint density at radius 1 is 1.50 bits per heavy atom. The maximum absolute atomic E-state index is 11.9. The Morgan fingerprint density at radius 2 is 2.20 bits per heavy atom. The third kappa shape index (κ3) is 1.48. The molecule has 0 spiro atoms. The average molecular weight is 145 g/mol. The zero-order chi connectivity index (χ0) is 7.56. The Balaban J connectivity index is 2.33. The van der Waals surface area contributed by atoms with E-state index in [0.717, 1.165) is 12.5 Å². The van der Waals surface area contributed by atoms with Crippen molar-refractivity contribution >= 4 is 0 Å². The van der Waals surface area contributed by atoms with E-state index in [1.807, 2.05) is 0 Å². The van der Waals surface area contributed by atoms with Crippen LogP contribution >= 0.6 is 0 Å². The molecule has 60 valence electrons. The van der Waals surface area contributed by atoms with Gasteiger partial charge in [0.2, 0.25) is 0 Å². The van der Waals surface area contributed by atoms with Crippen molar-refractivity contribution in [3.63, 3.8) is 0 Å². The molecule has 0 N–H and O–H groups in total. The van der Waals surface area contributed by atoms with Crippen molar-refractivity contribution in [1.29, 1.82) is 0 Å². The molecule has 1 saturated heterocycles. The molecule has 2 unspecified atom stereocenters. The smallest absolute Gasteiger partial charge is 0.102 e. The predicted molar refractivity (Wildman–Crippen MR) is 40.8 cm³/mol. The van der Waals surface area contributed by atoms with Crippen LogP contribution in [0.5, 0.6) is 0 Å². The third-order valence-electron chi connectivity index (χ3n) is 2.64. The lowest BCUT2D eigenvalue weighted by molar-refractivity contribution is 0.226. The second-order valence-corrected chi connectivity index (χ2v) is 3.23. The molecule has 0 radical (unpaired) electrons. The fraction of sp³-hybridized carbons (Fsp3) is 1.00. The van der Waals surface area contributed by atoms with Crippen LogP contribution in [0.3, 0.4) is 0 Å². The molecule has 1 aliphatic rings. The van der Waals surface area contributed by atoms with Crippen LogP contribution in [0, 0.1) is 5.92 Å². The van der Waals surface area contributed by atoms with Gasteiger partial charge in [0, 0.05) is 12.6 Å². The highest BCUT2D eigenvalue weighted by Crippen LogP contribution is 2.22. The second kappa shape index (κ2) is 3.33. The molecule has 0 aliphatic carbocycles. The van der Waals surface area contributed by atoms with Gasteiger partial charge in [0.15, 0.2) is 0 Å². The largest absolute Gasteiger partial charge is 0.298 e. The van der Waals surface area contributed by atoms with Gasteiger partial charge in [-0.3, -0.25) is 4.90 Å². The van der Waals surface area contributed by atoms with Crippen LogP contribution < -0.4 is 0 Å². The second-order valence-electron chi connectivity index (χ2n) is 3.23. The van der Waals surface area contributed by atoms with Crippen LogP contribution in [0.25, 0.3) is 0 Å². The minimum absolute atomic E-state index is 0.197. The fourth-order valence-electron chi connectivity index (χ4n) is 1.60. The van der Waals surface area contributed by atoms with E-state index < -0.39 is 0 Å². The summed E-state index contributed by atoms with van der Waals surface area (Å²) < 4.78 is 11.9. The standard InChI is InChI=1S/C8H16FN/c1-7-3-5-10(6-4-9)8(7)2/h7-8H,3-6H2,1-2H3. The van der Waals surface area contributed by atoms with Gasteiger partial charge in [0.25, 0.3) is 0 Å². The van der Waals surface area contributed by atoms with Crippen molar-refractivity contribution in [3.05, 3.63) is 0 Å². The lowest BCUT2D eigenvalue weighted by Gasteiger charge is -2.21. The van der Waals surface area contributed by atoms with Crippen molar-refractivity contribution in [2.24, 2.45) is 5.92 Å². The zero-order valence-electron chi connectivity index (χ0n) is 6.81. The van der Waals surface area contributed by atoms with Gasteiger partial charge in [-0.1, -0.05) is 6.92 Å². The molecule has 2 atom stereocenters. The van der Waals surface area contributed by atoms with Crippen LogP contribution in [0.1, 0.15) is 20.3 Å². The van der Waals surface area contributed by atoms with Crippen molar-refractivity contribution < 1.29 is 4.39 Å². The highest BCUT2D eigenvalue weighted by Gasteiger charge is 2.26. The summed E-state index contributed by atoms with van der Waals surface area (Å²) in [5, 5.41) is 0. The summed E-state index contributed by atoms with van der Waals surface area (Å²) in [4.78, 5) is 2.23. The zero-order valence-corrected chi connectivity index (χ0v) is 6.81. The Morgan fingerprint density at radius 3 is 2.60 bits per heavy atom. The highest BCUT2D eigenvalue weighted by molar-refractivity contribution is 4.80. The van der Waals surface area contributed by atoms with Gasteiger partial charge in [-0.15, -0.1) is 0 Å². The molecular weight excluding hydrogens is 129 g/mol. The first-order valence-corrected chi connectivity index (χ1v) is 4.05. The van der Waals surface area contributed by atoms with E-state index in [1.54, 1.807) is 0 Å². The molecule has 2 heteroatoms. The number of rotatable bonds is 2. The van der Waals surface area contributed by atoms with E-state index in [9.17, 15) is 4.39 Å². The molecule has 0 aromatic heterocycles. The highest BCUT2D eigenvalue weighted by atomic mass is 19.1. The summed E-state index contributed by atoms with van der Waals surface area (Å²) in [5.74, 6) is 0.756. The summed E-state index contributed by atoms with van der Waals surface area (Å²) in [5.41, 5.74) is 0. The molecule has 1 rings (SSSR count). The van der Waals surface area contributed by atoms with Crippen molar-refractivity contribution in [2.45, 2.75) is 26.3 Å². The lowest BCUT2D eigenvalue weighted by Crippen LogP contribution is -2.31. The molecular formula is C8H16FN. The molecule has 1 nitrogen and oxygen atoms in total. The van der Waals surface area contributed by atoms with Crippen molar-refractivity contribution in [1.82, 2.24) is 4.90 Å². The van der Waals surface area contributed by atoms with Gasteiger partial charge in [0.1, 0.15) is 6.67 Å². The quantitative estimate of drug-likeness (QED) is 0.571. The van der Waals surface area contributed by atoms with Crippen LogP contribution in [0.2, 0.25) is 0 Å². The topological polar surface area (TPSA) is 3.24 Å². The fourth-order valence-corrected chi connectivity index (χ4v) is 1.60. The number of hydrogen-bond acceptors (Lipinski definition) is 1. The molecule has 0 amide bonds. The van der Waals surface area contributed by atoms with E-state index >= 15 is 0 Å². The van der Waals surface area contributed by atoms with E-state index in [1.165, 1.54) is 6.42 Å². The average Bonchev–Trinajstić information content (AvgIpc) is 2.20. The minimum Gasteiger partial charge on any atom is -0.298 e. The SMILES string of the molecule is CC1CCN(CCF)C1C. The number of likely N-dealkylation sites (tertiary alicyclic amines) is 1. The number of alkyl halides is 1. The lowest BCUT2D eigenvalue weighted by atomic mass is 10.1. The molecule has 0 aromatic rings. The van der Waals surface area contributed by atoms with Gasteiger partial charge >= 0.3 is 0 Å². The number of nitrogens with zero attached hydrogens (tertiary/aromatic N) is 1. The normalized spacial score (nSPS) is 35.1. The van der Waals surface area contributed by atoms with E-state index in [-0.39, 0.29) is 6.67 Å². The summed E-state index contributed by atoms with van der Waals surface area (Å²) in [6.45, 7) is 5.95. The number of halogens is 1. The summed E-state index contributed by atoms with van der Waals surface area (Å²) in [6.07, 6.45) is 1.24. The third-order valence-corrected chi connectivity index (χ3v) is 2.64. The summed E-state index contributed by atoms with van der Waals surface area (Å²) in [6, 6.07) is 0.593. The van der Waals surface area contributed by atoms with E-state index in [0.29, 0.717) is 12.6 Å². The minimum atomic E-state index is -0.197. The van der Waals surface area contributed by atoms with Gasteiger partial charge < -0.3 is 0 Å². The number of hydrogen-bond donors (Lipinski definition) is 0. The predicted octanol–water partition coefficient (Wildman–Crippen LogP) is 1.69. The van der Waals surface area contributed by atoms with E-state index in [2.05, 4.69) is 18.7 Å². The van der Waals surface area contributed by atoms with Gasteiger partial charge in [-0.25, -0.2) is 4.39 Å². The monoisotopic (exact) mass is 145 g/mol. The molecule has 1 aliphatic heterocycles. The van der Waals surface area contributed by atoms with Crippen LogP contribution in [0.4, 0.5) is 4.39 Å².